The van der Waals surface area contributed by atoms with Gasteiger partial charge in [-0.2, -0.15) is 0 Å². The average Bonchev–Trinajstić information content (AvgIpc) is 3.33. The average molecular weight is 471 g/mol. The lowest BCUT2D eigenvalue weighted by atomic mass is 9.78. The number of hydrogen-bond donors (Lipinski definition) is 3. The van der Waals surface area contributed by atoms with Gasteiger partial charge >= 0.3 is 5.97 Å². The van der Waals surface area contributed by atoms with E-state index in [-0.39, 0.29) is 17.5 Å². The summed E-state index contributed by atoms with van der Waals surface area (Å²) >= 11 is 0. The quantitative estimate of drug-likeness (QED) is 0.366. The number of esters is 1. The maximum atomic E-state index is 12.9. The van der Waals surface area contributed by atoms with Gasteiger partial charge < -0.3 is 25.6 Å². The first-order valence-electron chi connectivity index (χ1n) is 12.5. The molecule has 4 N–H and O–H groups in total. The number of phenolic OH excluding ortho intramolecular Hbond substituents is 2. The Balaban J connectivity index is 0.000000310. The lowest BCUT2D eigenvalue weighted by Gasteiger charge is -2.28. The van der Waals surface area contributed by atoms with Crippen LogP contribution in [0.2, 0.25) is 0 Å². The first-order chi connectivity index (χ1) is 16.3. The van der Waals surface area contributed by atoms with Crippen LogP contribution >= 0.6 is 0 Å². The van der Waals surface area contributed by atoms with Crippen LogP contribution in [0.1, 0.15) is 61.8 Å². The van der Waals surface area contributed by atoms with E-state index in [1.54, 1.807) is 6.07 Å². The molecule has 6 heteroatoms. The van der Waals surface area contributed by atoms with Gasteiger partial charge in [-0.25, -0.2) is 0 Å². The van der Waals surface area contributed by atoms with Crippen molar-refractivity contribution in [1.29, 1.82) is 0 Å². The van der Waals surface area contributed by atoms with Gasteiger partial charge in [0.15, 0.2) is 11.5 Å². The number of carbonyl (C=O) groups is 1. The monoisotopic (exact) mass is 470 g/mol. The number of aromatic hydroxyl groups is 2. The first kappa shape index (κ1) is 27.7. The van der Waals surface area contributed by atoms with Crippen LogP contribution in [0.4, 0.5) is 0 Å². The van der Waals surface area contributed by atoms with E-state index in [0.717, 1.165) is 56.4 Å². The molecule has 188 valence electrons. The van der Waals surface area contributed by atoms with Crippen LogP contribution in [-0.2, 0) is 21.4 Å². The van der Waals surface area contributed by atoms with Crippen molar-refractivity contribution in [3.05, 3.63) is 58.7 Å². The molecule has 6 nitrogen and oxygen atoms in total. The maximum Gasteiger partial charge on any atom is 0.316 e. The van der Waals surface area contributed by atoms with Crippen LogP contribution in [0.5, 0.6) is 11.5 Å². The normalized spacial score (nSPS) is 14.5. The minimum atomic E-state index is -0.415. The third-order valence-electron chi connectivity index (χ3n) is 6.92. The summed E-state index contributed by atoms with van der Waals surface area (Å²) in [6, 6.07) is 11.2. The maximum absolute atomic E-state index is 12.9. The molecule has 0 aromatic heterocycles. The summed E-state index contributed by atoms with van der Waals surface area (Å²) in [5.74, 6) is -0.202. The number of nitrogens with two attached hydrogens (primary N) is 1. The molecule has 1 aliphatic rings. The number of phenols is 2. The highest BCUT2D eigenvalue weighted by Gasteiger charge is 2.44. The smallest absolute Gasteiger partial charge is 0.316 e. The van der Waals surface area contributed by atoms with Crippen molar-refractivity contribution in [2.45, 2.75) is 65.2 Å². The minimum Gasteiger partial charge on any atom is -0.504 e. The molecule has 1 saturated carbocycles. The van der Waals surface area contributed by atoms with Crippen LogP contribution in [0.25, 0.3) is 0 Å². The number of likely N-dealkylation sites (N-methyl/N-ethyl adjacent to an activating group) is 1. The van der Waals surface area contributed by atoms with E-state index in [0.29, 0.717) is 19.6 Å². The minimum absolute atomic E-state index is 0.0228. The predicted molar refractivity (Wildman–Crippen MR) is 137 cm³/mol. The van der Waals surface area contributed by atoms with Crippen molar-refractivity contribution in [3.63, 3.8) is 0 Å². The first-order valence-corrected chi connectivity index (χ1v) is 12.5. The molecule has 0 aliphatic heterocycles. The Hall–Kier alpha value is -2.57. The Bertz CT molecular complexity index is 919. The van der Waals surface area contributed by atoms with Gasteiger partial charge in [-0.3, -0.25) is 4.79 Å². The van der Waals surface area contributed by atoms with Crippen molar-refractivity contribution < 1.29 is 19.7 Å². The molecular weight excluding hydrogens is 428 g/mol. The van der Waals surface area contributed by atoms with Gasteiger partial charge in [-0.1, -0.05) is 51.0 Å². The molecule has 0 bridgehead atoms. The fraction of sp³-hybridized carbons (Fsp3) is 0.536. The van der Waals surface area contributed by atoms with Crippen LogP contribution in [-0.4, -0.2) is 53.9 Å². The van der Waals surface area contributed by atoms with E-state index in [4.69, 9.17) is 20.7 Å². The molecule has 1 fully saturated rings. The molecule has 1 aliphatic carbocycles. The summed E-state index contributed by atoms with van der Waals surface area (Å²) < 4.78 is 5.71. The number of benzene rings is 2. The van der Waals surface area contributed by atoms with Crippen LogP contribution in [0.3, 0.4) is 0 Å². The summed E-state index contributed by atoms with van der Waals surface area (Å²) in [4.78, 5) is 15.2. The van der Waals surface area contributed by atoms with Gasteiger partial charge in [0.1, 0.15) is 6.61 Å². The second-order valence-corrected chi connectivity index (χ2v) is 9.11. The molecule has 0 unspecified atom stereocenters. The summed E-state index contributed by atoms with van der Waals surface area (Å²) in [5, 5.41) is 18.0. The zero-order valence-electron chi connectivity index (χ0n) is 21.3. The van der Waals surface area contributed by atoms with Crippen LogP contribution in [0.15, 0.2) is 36.4 Å². The topological polar surface area (TPSA) is 96.0 Å². The van der Waals surface area contributed by atoms with Gasteiger partial charge in [0.2, 0.25) is 0 Å². The summed E-state index contributed by atoms with van der Waals surface area (Å²) in [6.07, 6.45) is 4.77. The predicted octanol–water partition coefficient (Wildman–Crippen LogP) is 4.60. The van der Waals surface area contributed by atoms with Crippen LogP contribution < -0.4 is 5.73 Å². The third kappa shape index (κ3) is 7.21. The lowest BCUT2D eigenvalue weighted by Crippen LogP contribution is -2.37. The zero-order valence-corrected chi connectivity index (χ0v) is 21.3. The number of ether oxygens (including phenoxy) is 1. The van der Waals surface area contributed by atoms with Gasteiger partial charge in [0, 0.05) is 6.54 Å². The number of nitrogens with zero attached hydrogens (tertiary/aromatic N) is 1. The van der Waals surface area contributed by atoms with Crippen LogP contribution in [0, 0.1) is 13.8 Å². The number of rotatable bonds is 9. The van der Waals surface area contributed by atoms with Crippen molar-refractivity contribution in [1.82, 2.24) is 4.90 Å². The Morgan fingerprint density at radius 2 is 1.68 bits per heavy atom. The van der Waals surface area contributed by atoms with Gasteiger partial charge in [0.05, 0.1) is 5.41 Å². The third-order valence-corrected chi connectivity index (χ3v) is 6.92. The Kier molecular flexibility index (Phi) is 10.9. The van der Waals surface area contributed by atoms with E-state index in [1.165, 1.54) is 23.3 Å². The second-order valence-electron chi connectivity index (χ2n) is 9.11. The van der Waals surface area contributed by atoms with Crippen molar-refractivity contribution >= 4 is 5.97 Å². The fourth-order valence-corrected chi connectivity index (χ4v) is 4.46. The SMILES string of the molecule is CCN(CC)CCOC(=O)C1(c2ccc(C)c(C)c2)CCCC1.NCCc1ccc(O)c(O)c1. The molecule has 2 aromatic carbocycles. The number of hydrogen-bond acceptors (Lipinski definition) is 6. The van der Waals surface area contributed by atoms with Crippen molar-refractivity contribution in [2.24, 2.45) is 5.73 Å². The molecular formula is C28H42N2O4. The van der Waals surface area contributed by atoms with Gasteiger partial charge in [0.25, 0.3) is 0 Å². The highest BCUT2D eigenvalue weighted by Crippen LogP contribution is 2.42. The molecule has 2 aromatic rings. The highest BCUT2D eigenvalue weighted by atomic mass is 16.5. The highest BCUT2D eigenvalue weighted by molar-refractivity contribution is 5.83. The molecule has 3 rings (SSSR count). The van der Waals surface area contributed by atoms with E-state index < -0.39 is 5.41 Å². The largest absolute Gasteiger partial charge is 0.504 e. The Morgan fingerprint density at radius 3 is 2.24 bits per heavy atom. The number of carbonyl (C=O) groups excluding carboxylic acids is 1. The summed E-state index contributed by atoms with van der Waals surface area (Å²) in [7, 11) is 0. The summed E-state index contributed by atoms with van der Waals surface area (Å²) in [6.45, 7) is 12.4. The van der Waals surface area contributed by atoms with E-state index >= 15 is 0 Å². The standard InChI is InChI=1S/C20H31NO2.C8H11NO2/c1-5-21(6-2)13-14-23-19(22)20(11-7-8-12-20)18-10-9-16(3)17(4)15-18;9-4-3-6-1-2-7(10)8(11)5-6/h9-10,15H,5-8,11-14H2,1-4H3;1-2,5,10-11H,3-4,9H2. The lowest BCUT2D eigenvalue weighted by molar-refractivity contribution is -0.151. The van der Waals surface area contributed by atoms with E-state index in [9.17, 15) is 4.79 Å². The van der Waals surface area contributed by atoms with E-state index in [1.807, 2.05) is 0 Å². The summed E-state index contributed by atoms with van der Waals surface area (Å²) in [5.41, 5.74) is 9.50. The molecule has 0 heterocycles. The molecule has 34 heavy (non-hydrogen) atoms. The molecule has 0 atom stereocenters. The Labute approximate surface area is 204 Å². The van der Waals surface area contributed by atoms with Crippen molar-refractivity contribution in [3.8, 4) is 11.5 Å². The molecule has 0 saturated heterocycles. The van der Waals surface area contributed by atoms with Gasteiger partial charge in [-0.05, 0) is 87.1 Å². The molecule has 0 spiro atoms. The molecule has 0 amide bonds. The van der Waals surface area contributed by atoms with Gasteiger partial charge in [-0.15, -0.1) is 0 Å². The number of aryl methyl sites for hydroxylation is 2. The fourth-order valence-electron chi connectivity index (χ4n) is 4.46. The van der Waals surface area contributed by atoms with Crippen molar-refractivity contribution in [2.75, 3.05) is 32.8 Å². The molecule has 0 radical (unpaired) electrons. The van der Waals surface area contributed by atoms with E-state index in [2.05, 4.69) is 50.8 Å². The second kappa shape index (κ2) is 13.4. The Morgan fingerprint density at radius 1 is 1.00 bits per heavy atom. The zero-order chi connectivity index (χ0) is 25.1.